The number of nitrogens with zero attached hydrogens (tertiary/aromatic N) is 2. The first-order valence-corrected chi connectivity index (χ1v) is 8.00. The minimum atomic E-state index is -0.194. The van der Waals surface area contributed by atoms with Crippen LogP contribution < -0.4 is 4.80 Å². The van der Waals surface area contributed by atoms with Gasteiger partial charge >= 0.3 is 0 Å². The summed E-state index contributed by atoms with van der Waals surface area (Å²) in [7, 11) is 1.96. The van der Waals surface area contributed by atoms with Gasteiger partial charge in [0.2, 0.25) is 0 Å². The molecule has 0 aliphatic heterocycles. The van der Waals surface area contributed by atoms with Crippen LogP contribution >= 0.6 is 11.3 Å². The van der Waals surface area contributed by atoms with E-state index in [2.05, 4.69) is 31.0 Å². The Balaban J connectivity index is 2.16. The van der Waals surface area contributed by atoms with Crippen molar-refractivity contribution in [3.8, 4) is 0 Å². The second-order valence-corrected chi connectivity index (χ2v) is 6.64. The number of thiazole rings is 1. The number of hydrogen-bond donors (Lipinski definition) is 0. The minimum Gasteiger partial charge on any atom is -0.319 e. The van der Waals surface area contributed by atoms with Gasteiger partial charge in [0.25, 0.3) is 5.91 Å². The number of fused-ring (bicyclic) bond motifs is 1. The van der Waals surface area contributed by atoms with Gasteiger partial charge in [0.1, 0.15) is 0 Å². The van der Waals surface area contributed by atoms with E-state index in [0.717, 1.165) is 15.9 Å². The number of benzene rings is 2. The summed E-state index contributed by atoms with van der Waals surface area (Å²) in [6, 6.07) is 11.8. The maximum absolute atomic E-state index is 12.4. The van der Waals surface area contributed by atoms with Gasteiger partial charge in [0.05, 0.1) is 10.2 Å². The summed E-state index contributed by atoms with van der Waals surface area (Å²) >= 11 is 1.56. The van der Waals surface area contributed by atoms with Crippen LogP contribution in [0.2, 0.25) is 0 Å². The van der Waals surface area contributed by atoms with Crippen LogP contribution in [0.3, 0.4) is 0 Å². The molecular weight excluding hydrogens is 292 g/mol. The number of aryl methyl sites for hydroxylation is 4. The molecule has 22 heavy (non-hydrogen) atoms. The Hall–Kier alpha value is -2.20. The lowest BCUT2D eigenvalue weighted by Crippen LogP contribution is -2.13. The molecule has 0 aliphatic carbocycles. The highest BCUT2D eigenvalue weighted by molar-refractivity contribution is 7.16. The highest BCUT2D eigenvalue weighted by Gasteiger charge is 2.09. The molecule has 1 aromatic heterocycles. The molecule has 0 aliphatic rings. The van der Waals surface area contributed by atoms with Gasteiger partial charge in [-0.3, -0.25) is 4.79 Å². The average molecular weight is 310 g/mol. The van der Waals surface area contributed by atoms with Crippen LogP contribution in [0.5, 0.6) is 0 Å². The number of carbonyl (C=O) groups is 1. The lowest BCUT2D eigenvalue weighted by molar-refractivity contribution is 0.0998. The van der Waals surface area contributed by atoms with Crippen LogP contribution in [0.25, 0.3) is 10.2 Å². The molecule has 0 unspecified atom stereocenters. The summed E-state index contributed by atoms with van der Waals surface area (Å²) in [6.45, 7) is 6.15. The first-order valence-electron chi connectivity index (χ1n) is 7.18. The van der Waals surface area contributed by atoms with Crippen LogP contribution in [0.15, 0.2) is 41.4 Å². The predicted molar refractivity (Wildman–Crippen MR) is 91.3 cm³/mol. The van der Waals surface area contributed by atoms with E-state index >= 15 is 0 Å². The fourth-order valence-electron chi connectivity index (χ4n) is 2.60. The van der Waals surface area contributed by atoms with E-state index in [0.29, 0.717) is 5.56 Å². The standard InChI is InChI=1S/C18H18N2OS/c1-11-6-5-7-14(9-11)17(21)19-18-20(4)15-10-12(2)8-13(3)16(15)22-18/h5-10H,1-4H3. The molecule has 0 saturated heterocycles. The second kappa shape index (κ2) is 5.54. The van der Waals surface area contributed by atoms with Crippen LogP contribution in [0.4, 0.5) is 0 Å². The van der Waals surface area contributed by atoms with Crippen LogP contribution in [-0.4, -0.2) is 10.5 Å². The molecule has 0 bridgehead atoms. The fraction of sp³-hybridized carbons (Fsp3) is 0.222. The average Bonchev–Trinajstić information content (AvgIpc) is 2.77. The summed E-state index contributed by atoms with van der Waals surface area (Å²) in [5.74, 6) is -0.194. The number of hydrogen-bond acceptors (Lipinski definition) is 2. The van der Waals surface area contributed by atoms with E-state index in [1.807, 2.05) is 42.8 Å². The van der Waals surface area contributed by atoms with Gasteiger partial charge < -0.3 is 4.57 Å². The lowest BCUT2D eigenvalue weighted by Gasteiger charge is -2.00. The third kappa shape index (κ3) is 2.62. The second-order valence-electron chi connectivity index (χ2n) is 5.66. The van der Waals surface area contributed by atoms with Crippen molar-refractivity contribution in [2.45, 2.75) is 20.8 Å². The number of carbonyl (C=O) groups excluding carboxylic acids is 1. The van der Waals surface area contributed by atoms with Gasteiger partial charge in [-0.2, -0.15) is 4.99 Å². The van der Waals surface area contributed by atoms with E-state index in [-0.39, 0.29) is 5.91 Å². The van der Waals surface area contributed by atoms with Crippen molar-refractivity contribution in [2.75, 3.05) is 0 Å². The maximum atomic E-state index is 12.4. The highest BCUT2D eigenvalue weighted by atomic mass is 32.1. The molecule has 0 radical (unpaired) electrons. The Morgan fingerprint density at radius 2 is 1.86 bits per heavy atom. The number of amides is 1. The van der Waals surface area contributed by atoms with Crippen LogP contribution in [-0.2, 0) is 7.05 Å². The summed E-state index contributed by atoms with van der Waals surface area (Å²) in [6.07, 6.45) is 0. The minimum absolute atomic E-state index is 0.194. The molecule has 2 aromatic carbocycles. The zero-order chi connectivity index (χ0) is 15.9. The first kappa shape index (κ1) is 14.7. The smallest absolute Gasteiger partial charge is 0.279 e. The van der Waals surface area contributed by atoms with E-state index in [9.17, 15) is 4.79 Å². The molecule has 3 nitrogen and oxygen atoms in total. The Morgan fingerprint density at radius 3 is 2.59 bits per heavy atom. The zero-order valence-corrected chi connectivity index (χ0v) is 14.0. The summed E-state index contributed by atoms with van der Waals surface area (Å²) in [5.41, 5.74) is 5.26. The highest BCUT2D eigenvalue weighted by Crippen LogP contribution is 2.22. The summed E-state index contributed by atoms with van der Waals surface area (Å²) < 4.78 is 3.18. The van der Waals surface area contributed by atoms with E-state index in [4.69, 9.17) is 0 Å². The number of aromatic nitrogens is 1. The molecule has 0 fully saturated rings. The largest absolute Gasteiger partial charge is 0.319 e. The van der Waals surface area contributed by atoms with Gasteiger partial charge in [0, 0.05) is 12.6 Å². The topological polar surface area (TPSA) is 34.4 Å². The normalized spacial score (nSPS) is 12.1. The van der Waals surface area contributed by atoms with Crippen molar-refractivity contribution in [3.05, 3.63) is 63.5 Å². The Kier molecular flexibility index (Phi) is 3.71. The Bertz CT molecular complexity index is 947. The van der Waals surface area contributed by atoms with Crippen molar-refractivity contribution >= 4 is 27.5 Å². The van der Waals surface area contributed by atoms with Gasteiger partial charge in [-0.1, -0.05) is 35.1 Å². The fourth-order valence-corrected chi connectivity index (χ4v) is 3.67. The summed E-state index contributed by atoms with van der Waals surface area (Å²) in [5, 5.41) is 0. The third-order valence-electron chi connectivity index (χ3n) is 3.70. The molecule has 112 valence electrons. The van der Waals surface area contributed by atoms with E-state index < -0.39 is 0 Å². The molecule has 3 rings (SSSR count). The molecule has 0 atom stereocenters. The molecule has 1 amide bonds. The van der Waals surface area contributed by atoms with Crippen molar-refractivity contribution in [1.29, 1.82) is 0 Å². The van der Waals surface area contributed by atoms with E-state index in [1.165, 1.54) is 15.8 Å². The van der Waals surface area contributed by atoms with Crippen molar-refractivity contribution in [1.82, 2.24) is 4.57 Å². The van der Waals surface area contributed by atoms with Gasteiger partial charge in [0.15, 0.2) is 4.80 Å². The maximum Gasteiger partial charge on any atom is 0.279 e. The molecule has 0 N–H and O–H groups in total. The van der Waals surface area contributed by atoms with Crippen LogP contribution in [0, 0.1) is 20.8 Å². The van der Waals surface area contributed by atoms with Crippen molar-refractivity contribution in [2.24, 2.45) is 12.0 Å². The van der Waals surface area contributed by atoms with Crippen LogP contribution in [0.1, 0.15) is 27.0 Å². The Morgan fingerprint density at radius 1 is 1.09 bits per heavy atom. The number of rotatable bonds is 1. The molecule has 4 heteroatoms. The molecule has 0 saturated carbocycles. The monoisotopic (exact) mass is 310 g/mol. The molecular formula is C18H18N2OS. The summed E-state index contributed by atoms with van der Waals surface area (Å²) in [4.78, 5) is 17.4. The lowest BCUT2D eigenvalue weighted by atomic mass is 10.1. The van der Waals surface area contributed by atoms with Crippen molar-refractivity contribution < 1.29 is 4.79 Å². The Labute approximate surface area is 133 Å². The van der Waals surface area contributed by atoms with E-state index in [1.54, 1.807) is 11.3 Å². The first-order chi connectivity index (χ1) is 10.5. The SMILES string of the molecule is Cc1cccc(C(=O)N=c2sc3c(C)cc(C)cc3n2C)c1. The van der Waals surface area contributed by atoms with Gasteiger partial charge in [-0.05, 0) is 50.1 Å². The molecule has 3 aromatic rings. The molecule has 0 spiro atoms. The third-order valence-corrected chi connectivity index (χ3v) is 4.99. The van der Waals surface area contributed by atoms with Gasteiger partial charge in [-0.25, -0.2) is 0 Å². The molecule has 1 heterocycles. The zero-order valence-electron chi connectivity index (χ0n) is 13.2. The predicted octanol–water partition coefficient (Wildman–Crippen LogP) is 3.91. The van der Waals surface area contributed by atoms with Crippen molar-refractivity contribution in [3.63, 3.8) is 0 Å². The van der Waals surface area contributed by atoms with Gasteiger partial charge in [-0.15, -0.1) is 0 Å². The quantitative estimate of drug-likeness (QED) is 0.671.